The van der Waals surface area contributed by atoms with E-state index < -0.39 is 31.1 Å². The van der Waals surface area contributed by atoms with Gasteiger partial charge in [0.15, 0.2) is 34.7 Å². The number of ether oxygens (including phenoxy) is 3. The molecule has 3 aromatic rings. The molecule has 0 bridgehead atoms. The molecular weight excluding hydrogens is 406 g/mol. The Morgan fingerprint density at radius 3 is 2.58 bits per heavy atom. The lowest BCUT2D eigenvalue weighted by Gasteiger charge is -2.18. The van der Waals surface area contributed by atoms with Crippen molar-refractivity contribution in [3.05, 3.63) is 36.4 Å². The van der Waals surface area contributed by atoms with Gasteiger partial charge in [-0.2, -0.15) is 0 Å². The third kappa shape index (κ3) is 3.76. The van der Waals surface area contributed by atoms with Gasteiger partial charge in [-0.25, -0.2) is 15.0 Å². The van der Waals surface area contributed by atoms with E-state index in [1.807, 2.05) is 25.1 Å². The number of aliphatic hydroxyl groups excluding tert-OH is 3. The van der Waals surface area contributed by atoms with Crippen molar-refractivity contribution in [3.63, 3.8) is 0 Å². The van der Waals surface area contributed by atoms with E-state index in [0.29, 0.717) is 28.5 Å². The van der Waals surface area contributed by atoms with E-state index in [2.05, 4.69) is 20.3 Å². The Hall–Kier alpha value is -2.99. The number of hydrogen-bond donors (Lipinski definition) is 4. The van der Waals surface area contributed by atoms with E-state index in [9.17, 15) is 15.3 Å². The van der Waals surface area contributed by atoms with E-state index in [1.165, 1.54) is 17.2 Å². The average Bonchev–Trinajstić information content (AvgIpc) is 3.34. The van der Waals surface area contributed by atoms with Crippen molar-refractivity contribution in [2.24, 2.45) is 0 Å². The zero-order valence-corrected chi connectivity index (χ0v) is 17.3. The van der Waals surface area contributed by atoms with E-state index in [-0.39, 0.29) is 6.04 Å². The summed E-state index contributed by atoms with van der Waals surface area (Å²) in [7, 11) is 3.16. The molecule has 11 nitrogen and oxygen atoms in total. The van der Waals surface area contributed by atoms with Crippen LogP contribution in [0.25, 0.3) is 11.2 Å². The van der Waals surface area contributed by atoms with Gasteiger partial charge in [-0.15, -0.1) is 0 Å². The van der Waals surface area contributed by atoms with E-state index >= 15 is 0 Å². The molecule has 1 aliphatic heterocycles. The van der Waals surface area contributed by atoms with Crippen molar-refractivity contribution in [2.75, 3.05) is 26.1 Å². The summed E-state index contributed by atoms with van der Waals surface area (Å²) in [5, 5.41) is 33.0. The van der Waals surface area contributed by atoms with Gasteiger partial charge >= 0.3 is 0 Å². The largest absolute Gasteiger partial charge is 0.493 e. The summed E-state index contributed by atoms with van der Waals surface area (Å²) >= 11 is 0. The molecule has 0 aliphatic carbocycles. The topological polar surface area (TPSA) is 144 Å². The predicted molar refractivity (Wildman–Crippen MR) is 110 cm³/mol. The number of benzene rings is 1. The van der Waals surface area contributed by atoms with Crippen LogP contribution in [0.3, 0.4) is 0 Å². The second-order valence-corrected chi connectivity index (χ2v) is 7.26. The van der Waals surface area contributed by atoms with Gasteiger partial charge in [-0.3, -0.25) is 4.57 Å². The van der Waals surface area contributed by atoms with Gasteiger partial charge < -0.3 is 34.8 Å². The molecule has 31 heavy (non-hydrogen) atoms. The maximum absolute atomic E-state index is 10.3. The highest BCUT2D eigenvalue weighted by Crippen LogP contribution is 2.34. The Morgan fingerprint density at radius 2 is 1.90 bits per heavy atom. The number of aliphatic hydroxyl groups is 3. The fourth-order valence-electron chi connectivity index (χ4n) is 3.66. The lowest BCUT2D eigenvalue weighted by molar-refractivity contribution is -0.0511. The van der Waals surface area contributed by atoms with Gasteiger partial charge in [-0.05, 0) is 24.6 Å². The summed E-state index contributed by atoms with van der Waals surface area (Å²) in [5.74, 6) is 1.76. The van der Waals surface area contributed by atoms with E-state index in [4.69, 9.17) is 14.2 Å². The summed E-state index contributed by atoms with van der Waals surface area (Å²) < 4.78 is 17.8. The number of nitrogens with one attached hydrogen (secondary N) is 1. The van der Waals surface area contributed by atoms with Crippen molar-refractivity contribution >= 4 is 17.0 Å². The van der Waals surface area contributed by atoms with Gasteiger partial charge in [0.05, 0.1) is 33.2 Å². The minimum absolute atomic E-state index is 0.142. The van der Waals surface area contributed by atoms with Crippen LogP contribution in [0.5, 0.6) is 11.5 Å². The van der Waals surface area contributed by atoms with Crippen LogP contribution in [-0.2, 0) is 4.74 Å². The number of anilines is 1. The standard InChI is InChI=1S/C20H25N5O6/c1-10(11-4-5-12(29-2)13(6-11)30-3)24-18-15-19(22-8-21-18)25(9-23-15)20-17(28)16(27)14(7-26)31-20/h4-6,8-10,14,16-17,20,26-28H,7H2,1-3H3,(H,21,22,24)/t10?,14-,16?,17?,20-/m1/s1. The van der Waals surface area contributed by atoms with Crippen LogP contribution in [0, 0.1) is 0 Å². The fraction of sp³-hybridized carbons (Fsp3) is 0.450. The van der Waals surface area contributed by atoms with Crippen molar-refractivity contribution < 1.29 is 29.5 Å². The third-order valence-corrected chi connectivity index (χ3v) is 5.41. The lowest BCUT2D eigenvalue weighted by Crippen LogP contribution is -2.33. The minimum atomic E-state index is -1.23. The third-order valence-electron chi connectivity index (χ3n) is 5.41. The van der Waals surface area contributed by atoms with E-state index in [0.717, 1.165) is 5.56 Å². The summed E-state index contributed by atoms with van der Waals surface area (Å²) in [6.45, 7) is 1.56. The molecule has 1 fully saturated rings. The van der Waals surface area contributed by atoms with Crippen LogP contribution in [0.2, 0.25) is 0 Å². The highest BCUT2D eigenvalue weighted by atomic mass is 16.6. The maximum Gasteiger partial charge on any atom is 0.167 e. The van der Waals surface area contributed by atoms with Gasteiger partial charge in [-0.1, -0.05) is 6.07 Å². The molecule has 4 rings (SSSR count). The van der Waals surface area contributed by atoms with Gasteiger partial charge in [0.1, 0.15) is 24.6 Å². The highest BCUT2D eigenvalue weighted by molar-refractivity contribution is 5.83. The molecule has 1 saturated heterocycles. The number of fused-ring (bicyclic) bond motifs is 1. The van der Waals surface area contributed by atoms with Crippen LogP contribution >= 0.6 is 0 Å². The number of rotatable bonds is 7. The monoisotopic (exact) mass is 431 g/mol. The molecular formula is C20H25N5O6. The van der Waals surface area contributed by atoms with Gasteiger partial charge in [0.2, 0.25) is 0 Å². The normalized spacial score (nSPS) is 24.3. The minimum Gasteiger partial charge on any atom is -0.493 e. The Kier molecular flexibility index (Phi) is 5.92. The first-order chi connectivity index (χ1) is 15.0. The van der Waals surface area contributed by atoms with Gasteiger partial charge in [0.25, 0.3) is 0 Å². The molecule has 5 atom stereocenters. The first-order valence-electron chi connectivity index (χ1n) is 9.77. The Bertz CT molecular complexity index is 1060. The molecule has 2 aromatic heterocycles. The first kappa shape index (κ1) is 21.2. The van der Waals surface area contributed by atoms with E-state index in [1.54, 1.807) is 14.2 Å². The van der Waals surface area contributed by atoms with Crippen LogP contribution in [0.15, 0.2) is 30.9 Å². The molecule has 0 spiro atoms. The maximum atomic E-state index is 10.3. The van der Waals surface area contributed by atoms with Crippen LogP contribution < -0.4 is 14.8 Å². The molecule has 1 aliphatic rings. The lowest BCUT2D eigenvalue weighted by atomic mass is 10.1. The quantitative estimate of drug-likeness (QED) is 0.420. The molecule has 0 amide bonds. The molecule has 4 N–H and O–H groups in total. The average molecular weight is 431 g/mol. The number of aromatic nitrogens is 4. The molecule has 166 valence electrons. The zero-order valence-electron chi connectivity index (χ0n) is 17.3. The summed E-state index contributed by atoms with van der Waals surface area (Å²) in [6.07, 6.45) is -1.41. The molecule has 1 aromatic carbocycles. The van der Waals surface area contributed by atoms with Crippen LogP contribution in [-0.4, -0.2) is 74.0 Å². The molecule has 11 heteroatoms. The molecule has 0 saturated carbocycles. The van der Waals surface area contributed by atoms with Crippen molar-refractivity contribution in [1.29, 1.82) is 0 Å². The summed E-state index contributed by atoms with van der Waals surface area (Å²) in [6, 6.07) is 5.50. The van der Waals surface area contributed by atoms with Crippen molar-refractivity contribution in [3.8, 4) is 11.5 Å². The Morgan fingerprint density at radius 1 is 1.13 bits per heavy atom. The molecule has 3 unspecified atom stereocenters. The number of imidazole rings is 1. The van der Waals surface area contributed by atoms with Crippen molar-refractivity contribution in [1.82, 2.24) is 19.5 Å². The number of methoxy groups -OCH3 is 2. The number of hydrogen-bond acceptors (Lipinski definition) is 10. The predicted octanol–water partition coefficient (Wildman–Crippen LogP) is 0.628. The smallest absolute Gasteiger partial charge is 0.167 e. The number of nitrogens with zero attached hydrogens (tertiary/aromatic N) is 4. The Labute approximate surface area is 178 Å². The highest BCUT2D eigenvalue weighted by Gasteiger charge is 2.44. The molecule has 0 radical (unpaired) electrons. The van der Waals surface area contributed by atoms with Crippen LogP contribution in [0.1, 0.15) is 24.8 Å². The summed E-state index contributed by atoms with van der Waals surface area (Å²) in [5.41, 5.74) is 1.85. The molecule has 3 heterocycles. The summed E-state index contributed by atoms with van der Waals surface area (Å²) in [4.78, 5) is 12.9. The van der Waals surface area contributed by atoms with Gasteiger partial charge in [0, 0.05) is 0 Å². The second kappa shape index (κ2) is 8.63. The van der Waals surface area contributed by atoms with Crippen LogP contribution in [0.4, 0.5) is 5.82 Å². The Balaban J connectivity index is 1.61. The second-order valence-electron chi connectivity index (χ2n) is 7.26. The van der Waals surface area contributed by atoms with Crippen molar-refractivity contribution in [2.45, 2.75) is 37.5 Å². The fourth-order valence-corrected chi connectivity index (χ4v) is 3.66. The SMILES string of the molecule is COc1ccc(C(C)Nc2ncnc3c2ncn3[C@@H]2O[C@H](CO)C(O)C2O)cc1OC. The zero-order chi connectivity index (χ0) is 22.1. The first-order valence-corrected chi connectivity index (χ1v) is 9.77.